The van der Waals surface area contributed by atoms with Gasteiger partial charge in [-0.1, -0.05) is 117 Å². The lowest BCUT2D eigenvalue weighted by atomic mass is 9.84. The third-order valence-electron chi connectivity index (χ3n) is 9.93. The zero-order valence-corrected chi connectivity index (χ0v) is 35.0. The van der Waals surface area contributed by atoms with Crippen LogP contribution in [-0.4, -0.2) is 63.9 Å². The number of carbonyl (C=O) groups excluding carboxylic acids is 1. The Bertz CT molecular complexity index is 2270. The standard InChI is InChI=1S/C27H37N3O3.C19H21N3O3/c1-5-6-7-8-9-12-17-33-25(31)16-15-20-18-21(27(2,3)4)26(32)24(19-20)30-28-22-13-10-11-14-23(22)29-30;1-19(2,3)13-10-12(8-9-17(23)24)11-16(18(13)25)22-20-14-6-4-5-7-15(14)21-22/h10-11,13-14,18-19,32H,5-9,12,15-17H2,1-4H3;4-7,10-11,25H,8-9H2,1-3H3,(H,23,24). The van der Waals surface area contributed by atoms with Crippen LogP contribution in [0.15, 0.2) is 72.8 Å². The summed E-state index contributed by atoms with van der Waals surface area (Å²) in [5.74, 6) is -0.752. The van der Waals surface area contributed by atoms with Gasteiger partial charge in [-0.25, -0.2) is 0 Å². The predicted octanol–water partition coefficient (Wildman–Crippen LogP) is 9.70. The number of hydrogen-bond acceptors (Lipinski definition) is 9. The normalized spacial score (nSPS) is 11.8. The summed E-state index contributed by atoms with van der Waals surface area (Å²) in [5.41, 5.74) is 6.72. The van der Waals surface area contributed by atoms with Gasteiger partial charge >= 0.3 is 11.9 Å². The molecule has 2 aromatic heterocycles. The van der Waals surface area contributed by atoms with Crippen molar-refractivity contribution in [2.45, 2.75) is 124 Å². The number of benzene rings is 4. The van der Waals surface area contributed by atoms with Crippen LogP contribution in [0.4, 0.5) is 0 Å². The number of aromatic hydroxyl groups is 2. The van der Waals surface area contributed by atoms with Crippen molar-refractivity contribution in [3.8, 4) is 22.9 Å². The molecule has 0 amide bonds. The highest BCUT2D eigenvalue weighted by Gasteiger charge is 2.25. The van der Waals surface area contributed by atoms with E-state index >= 15 is 0 Å². The molecule has 0 saturated carbocycles. The maximum absolute atomic E-state index is 12.3. The molecule has 0 radical (unpaired) electrons. The molecule has 12 heteroatoms. The molecule has 0 saturated heterocycles. The van der Waals surface area contributed by atoms with E-state index in [9.17, 15) is 19.8 Å². The Morgan fingerprint density at radius 1 is 0.603 bits per heavy atom. The first-order chi connectivity index (χ1) is 27.5. The van der Waals surface area contributed by atoms with E-state index in [1.54, 1.807) is 6.07 Å². The number of aromatic nitrogens is 6. The minimum Gasteiger partial charge on any atom is -0.505 e. The summed E-state index contributed by atoms with van der Waals surface area (Å²) in [6.45, 7) is 14.9. The second kappa shape index (κ2) is 19.1. The molecule has 6 rings (SSSR count). The summed E-state index contributed by atoms with van der Waals surface area (Å²) in [6, 6.07) is 22.5. The molecule has 0 aliphatic heterocycles. The van der Waals surface area contributed by atoms with Crippen molar-refractivity contribution in [2.75, 3.05) is 6.61 Å². The van der Waals surface area contributed by atoms with Crippen molar-refractivity contribution in [2.24, 2.45) is 0 Å². The highest BCUT2D eigenvalue weighted by atomic mass is 16.5. The predicted molar refractivity (Wildman–Crippen MR) is 227 cm³/mol. The SMILES string of the molecule is CC(C)(C)c1cc(CCC(=O)O)cc(-n2nc3ccccc3n2)c1O.CCCCCCCCOC(=O)CCc1cc(-n2nc3ccccc3n2)c(O)c(C(C)(C)C)c1. The molecule has 58 heavy (non-hydrogen) atoms. The molecule has 0 unspecified atom stereocenters. The van der Waals surface area contributed by atoms with Crippen LogP contribution in [0.5, 0.6) is 11.5 Å². The summed E-state index contributed by atoms with van der Waals surface area (Å²) in [4.78, 5) is 26.1. The van der Waals surface area contributed by atoms with E-state index in [1.807, 2.05) is 87.5 Å². The van der Waals surface area contributed by atoms with Crippen LogP contribution in [0.2, 0.25) is 0 Å². The third-order valence-corrected chi connectivity index (χ3v) is 9.93. The number of carboxylic acid groups (broad SMARTS) is 1. The van der Waals surface area contributed by atoms with Crippen LogP contribution >= 0.6 is 0 Å². The van der Waals surface area contributed by atoms with Crippen molar-refractivity contribution in [3.05, 3.63) is 95.1 Å². The molecule has 0 atom stereocenters. The minimum absolute atomic E-state index is 0.0301. The van der Waals surface area contributed by atoms with E-state index in [0.717, 1.165) is 57.2 Å². The van der Waals surface area contributed by atoms with Gasteiger partial charge in [0.25, 0.3) is 0 Å². The van der Waals surface area contributed by atoms with E-state index in [-0.39, 0.29) is 34.7 Å². The number of phenols is 2. The van der Waals surface area contributed by atoms with Crippen LogP contribution in [-0.2, 0) is 38.0 Å². The van der Waals surface area contributed by atoms with Gasteiger partial charge in [-0.2, -0.15) is 0 Å². The van der Waals surface area contributed by atoms with E-state index in [4.69, 9.17) is 9.84 Å². The van der Waals surface area contributed by atoms with E-state index < -0.39 is 5.97 Å². The lowest BCUT2D eigenvalue weighted by Gasteiger charge is -2.23. The van der Waals surface area contributed by atoms with Crippen LogP contribution in [0, 0.1) is 0 Å². The number of carbonyl (C=O) groups is 2. The number of phenolic OH excluding ortho intramolecular Hbond substituents is 2. The summed E-state index contributed by atoms with van der Waals surface area (Å²) >= 11 is 0. The summed E-state index contributed by atoms with van der Waals surface area (Å²) in [7, 11) is 0. The number of carboxylic acids is 1. The number of ether oxygens (including phenoxy) is 1. The lowest BCUT2D eigenvalue weighted by molar-refractivity contribution is -0.143. The van der Waals surface area contributed by atoms with Crippen LogP contribution in [0.3, 0.4) is 0 Å². The number of fused-ring (bicyclic) bond motifs is 2. The molecule has 0 bridgehead atoms. The van der Waals surface area contributed by atoms with Crippen molar-refractivity contribution in [1.29, 1.82) is 0 Å². The van der Waals surface area contributed by atoms with Gasteiger partial charge in [0, 0.05) is 24.0 Å². The molecular weight excluding hydrogens is 733 g/mol. The van der Waals surface area contributed by atoms with Gasteiger partial charge in [-0.05, 0) is 77.6 Å². The van der Waals surface area contributed by atoms with Gasteiger partial charge in [0.05, 0.1) is 6.61 Å². The third kappa shape index (κ3) is 11.4. The number of aryl methyl sites for hydroxylation is 2. The van der Waals surface area contributed by atoms with Gasteiger partial charge in [-0.3, -0.25) is 9.59 Å². The summed E-state index contributed by atoms with van der Waals surface area (Å²) < 4.78 is 5.43. The number of unbranched alkanes of at least 4 members (excludes halogenated alkanes) is 5. The molecule has 2 heterocycles. The number of nitrogens with zero attached hydrogens (tertiary/aromatic N) is 6. The Morgan fingerprint density at radius 2 is 1.00 bits per heavy atom. The first-order valence-corrected chi connectivity index (χ1v) is 20.3. The highest BCUT2D eigenvalue weighted by Crippen LogP contribution is 2.38. The van der Waals surface area contributed by atoms with Gasteiger partial charge < -0.3 is 20.1 Å². The highest BCUT2D eigenvalue weighted by molar-refractivity contribution is 5.75. The van der Waals surface area contributed by atoms with Crippen molar-refractivity contribution in [3.63, 3.8) is 0 Å². The molecule has 308 valence electrons. The van der Waals surface area contributed by atoms with Gasteiger partial charge in [-0.15, -0.1) is 30.0 Å². The molecule has 0 spiro atoms. The number of esters is 1. The summed E-state index contributed by atoms with van der Waals surface area (Å²) in [6.07, 6.45) is 8.24. The molecule has 0 fully saturated rings. The second-order valence-electron chi connectivity index (χ2n) is 16.9. The Labute approximate surface area is 340 Å². The Hall–Kier alpha value is -5.78. The maximum atomic E-state index is 12.3. The first kappa shape index (κ1) is 43.3. The van der Waals surface area contributed by atoms with Crippen LogP contribution in [0.25, 0.3) is 33.4 Å². The monoisotopic (exact) mass is 790 g/mol. The van der Waals surface area contributed by atoms with Crippen molar-refractivity contribution >= 4 is 34.0 Å². The average molecular weight is 791 g/mol. The molecule has 0 aliphatic rings. The number of rotatable bonds is 15. The Balaban J connectivity index is 0.000000229. The fourth-order valence-electron chi connectivity index (χ4n) is 6.66. The molecule has 6 aromatic rings. The van der Waals surface area contributed by atoms with Crippen LogP contribution < -0.4 is 0 Å². The smallest absolute Gasteiger partial charge is 0.306 e. The van der Waals surface area contributed by atoms with E-state index in [1.165, 1.54) is 35.3 Å². The topological polar surface area (TPSA) is 165 Å². The quantitative estimate of drug-likeness (QED) is 0.0674. The first-order valence-electron chi connectivity index (χ1n) is 20.3. The van der Waals surface area contributed by atoms with E-state index in [0.29, 0.717) is 37.2 Å². The van der Waals surface area contributed by atoms with Crippen molar-refractivity contribution in [1.82, 2.24) is 30.0 Å². The lowest BCUT2D eigenvalue weighted by Crippen LogP contribution is -2.14. The molecule has 0 aliphatic carbocycles. The zero-order chi connectivity index (χ0) is 42.0. The maximum Gasteiger partial charge on any atom is 0.306 e. The fourth-order valence-corrected chi connectivity index (χ4v) is 6.66. The molecule has 3 N–H and O–H groups in total. The average Bonchev–Trinajstić information content (AvgIpc) is 3.81. The van der Waals surface area contributed by atoms with Gasteiger partial charge in [0.2, 0.25) is 0 Å². The Kier molecular flexibility index (Phi) is 14.3. The summed E-state index contributed by atoms with van der Waals surface area (Å²) in [5, 5.41) is 48.7. The number of aliphatic carboxylic acids is 1. The second-order valence-corrected chi connectivity index (χ2v) is 16.9. The molecule has 4 aromatic carbocycles. The zero-order valence-electron chi connectivity index (χ0n) is 35.0. The van der Waals surface area contributed by atoms with Gasteiger partial charge in [0.15, 0.2) is 0 Å². The van der Waals surface area contributed by atoms with Gasteiger partial charge in [0.1, 0.15) is 44.9 Å². The Morgan fingerprint density at radius 3 is 1.40 bits per heavy atom. The number of hydrogen-bond donors (Lipinski definition) is 3. The van der Waals surface area contributed by atoms with Crippen molar-refractivity contribution < 1.29 is 29.6 Å². The fraction of sp³-hybridized carbons (Fsp3) is 0.435. The largest absolute Gasteiger partial charge is 0.505 e. The minimum atomic E-state index is -0.852. The van der Waals surface area contributed by atoms with Crippen LogP contribution in [0.1, 0.15) is 122 Å². The van der Waals surface area contributed by atoms with E-state index in [2.05, 4.69) is 48.1 Å². The molecule has 12 nitrogen and oxygen atoms in total. The molecular formula is C46H58N6O6.